The van der Waals surface area contributed by atoms with Crippen LogP contribution in [-0.2, 0) is 9.59 Å². The third-order valence-corrected chi connectivity index (χ3v) is 8.78. The molecule has 2 heterocycles. The van der Waals surface area contributed by atoms with E-state index in [1.54, 1.807) is 48.4 Å². The molecule has 2 saturated heterocycles. The zero-order valence-corrected chi connectivity index (χ0v) is 20.5. The van der Waals surface area contributed by atoms with Gasteiger partial charge in [-0.2, -0.15) is 0 Å². The zero-order chi connectivity index (χ0) is 24.5. The summed E-state index contributed by atoms with van der Waals surface area (Å²) >= 11 is 1.52. The van der Waals surface area contributed by atoms with Crippen LogP contribution in [0.5, 0.6) is 0 Å². The average molecular weight is 498 g/mol. The first-order valence-electron chi connectivity index (χ1n) is 12.1. The molecule has 8 heteroatoms. The van der Waals surface area contributed by atoms with Gasteiger partial charge in [0.25, 0.3) is 5.91 Å². The van der Waals surface area contributed by atoms with E-state index in [9.17, 15) is 18.4 Å². The maximum Gasteiger partial charge on any atom is 0.260 e. The van der Waals surface area contributed by atoms with Crippen LogP contribution in [0.15, 0.2) is 53.4 Å². The Labute approximate surface area is 208 Å². The van der Waals surface area contributed by atoms with E-state index < -0.39 is 0 Å². The number of thioether (sulfide) groups is 1. The Hall–Kier alpha value is -2.87. The molecule has 2 aromatic rings. The number of halogens is 2. The highest BCUT2D eigenvalue weighted by atomic mass is 32.2. The van der Waals surface area contributed by atoms with Gasteiger partial charge in [-0.25, -0.2) is 8.78 Å². The summed E-state index contributed by atoms with van der Waals surface area (Å²) in [4.78, 5) is 32.8. The van der Waals surface area contributed by atoms with Crippen molar-refractivity contribution < 1.29 is 18.4 Å². The van der Waals surface area contributed by atoms with Gasteiger partial charge in [0.1, 0.15) is 11.6 Å². The van der Waals surface area contributed by atoms with Crippen LogP contribution in [0.4, 0.5) is 14.5 Å². The molecule has 0 N–H and O–H groups in total. The molecule has 0 aromatic heterocycles. The van der Waals surface area contributed by atoms with E-state index in [-0.39, 0.29) is 40.7 Å². The van der Waals surface area contributed by atoms with Crippen LogP contribution < -0.4 is 4.90 Å². The van der Waals surface area contributed by atoms with E-state index in [1.165, 1.54) is 30.0 Å². The Bertz CT molecular complexity index is 1130. The van der Waals surface area contributed by atoms with E-state index in [0.717, 1.165) is 18.5 Å². The van der Waals surface area contributed by atoms with E-state index in [1.807, 2.05) is 4.90 Å². The maximum atomic E-state index is 14.1. The Morgan fingerprint density at radius 3 is 2.43 bits per heavy atom. The van der Waals surface area contributed by atoms with E-state index in [2.05, 4.69) is 4.90 Å². The predicted octanol–water partition coefficient (Wildman–Crippen LogP) is 4.40. The number of fused-ring (bicyclic) bond motifs is 1. The zero-order valence-electron chi connectivity index (χ0n) is 19.7. The summed E-state index contributed by atoms with van der Waals surface area (Å²) < 4.78 is 27.3. The van der Waals surface area contributed by atoms with Crippen LogP contribution >= 0.6 is 11.8 Å². The average Bonchev–Trinajstić information content (AvgIpc) is 2.88. The molecule has 2 aliphatic heterocycles. The summed E-state index contributed by atoms with van der Waals surface area (Å²) in [7, 11) is 1.79. The van der Waals surface area contributed by atoms with Crippen molar-refractivity contribution in [2.45, 2.75) is 30.6 Å². The van der Waals surface area contributed by atoms with Gasteiger partial charge in [0.05, 0.1) is 4.91 Å². The fraction of sp³-hybridized carbons (Fsp3) is 0.407. The van der Waals surface area contributed by atoms with E-state index >= 15 is 0 Å². The van der Waals surface area contributed by atoms with Crippen LogP contribution in [0, 0.1) is 17.6 Å². The van der Waals surface area contributed by atoms with Crippen molar-refractivity contribution >= 4 is 35.3 Å². The van der Waals surface area contributed by atoms with Gasteiger partial charge in [-0.05, 0) is 55.7 Å². The van der Waals surface area contributed by atoms with Crippen LogP contribution in [-0.4, -0.2) is 66.1 Å². The molecular weight excluding hydrogens is 468 g/mol. The van der Waals surface area contributed by atoms with Crippen LogP contribution in [0.2, 0.25) is 0 Å². The third kappa shape index (κ3) is 4.94. The third-order valence-electron chi connectivity index (χ3n) is 7.39. The highest BCUT2D eigenvalue weighted by Crippen LogP contribution is 2.43. The molecule has 2 aromatic carbocycles. The number of benzene rings is 2. The molecule has 5 nitrogen and oxygen atoms in total. The predicted molar refractivity (Wildman–Crippen MR) is 135 cm³/mol. The number of rotatable bonds is 3. The Morgan fingerprint density at radius 1 is 1.00 bits per heavy atom. The van der Waals surface area contributed by atoms with Crippen molar-refractivity contribution in [2.24, 2.45) is 5.92 Å². The number of carbonyl (C=O) groups excluding carboxylic acids is 2. The first-order chi connectivity index (χ1) is 16.9. The first kappa shape index (κ1) is 23.9. The molecule has 184 valence electrons. The van der Waals surface area contributed by atoms with Crippen molar-refractivity contribution in [3.8, 4) is 0 Å². The molecule has 3 unspecified atom stereocenters. The Morgan fingerprint density at radius 2 is 1.71 bits per heavy atom. The number of amides is 2. The topological polar surface area (TPSA) is 43.9 Å². The summed E-state index contributed by atoms with van der Waals surface area (Å²) in [6, 6.07) is 12.9. The SMILES string of the molecule is CN1C(=O)/C(=C/c2ccccc2F)SC2CCC(C(=O)N3CCN(c4ccc(F)cc4)CC3)CC21. The second-order valence-corrected chi connectivity index (χ2v) is 10.7. The molecule has 5 rings (SSSR count). The van der Waals surface area contributed by atoms with Gasteiger partial charge < -0.3 is 14.7 Å². The van der Waals surface area contributed by atoms with Gasteiger partial charge in [-0.15, -0.1) is 11.8 Å². The summed E-state index contributed by atoms with van der Waals surface area (Å²) in [6.07, 6.45) is 3.94. The molecule has 1 aliphatic carbocycles. The maximum absolute atomic E-state index is 14.1. The number of nitrogens with zero attached hydrogens (tertiary/aromatic N) is 3. The summed E-state index contributed by atoms with van der Waals surface area (Å²) in [5, 5.41) is 0.204. The molecule has 3 atom stereocenters. The lowest BCUT2D eigenvalue weighted by Crippen LogP contribution is -2.55. The number of anilines is 1. The lowest BCUT2D eigenvalue weighted by molar-refractivity contribution is -0.139. The first-order valence-corrected chi connectivity index (χ1v) is 13.0. The van der Waals surface area contributed by atoms with Gasteiger partial charge >= 0.3 is 0 Å². The number of likely N-dealkylation sites (N-methyl/N-ethyl adjacent to an activating group) is 1. The molecule has 0 radical (unpaired) electrons. The lowest BCUT2D eigenvalue weighted by Gasteiger charge is -2.45. The van der Waals surface area contributed by atoms with Crippen LogP contribution in [0.1, 0.15) is 24.8 Å². The number of hydrogen-bond donors (Lipinski definition) is 0. The Balaban J connectivity index is 1.20. The highest BCUT2D eigenvalue weighted by molar-refractivity contribution is 8.04. The minimum Gasteiger partial charge on any atom is -0.368 e. The van der Waals surface area contributed by atoms with Crippen molar-refractivity contribution in [1.82, 2.24) is 9.80 Å². The number of hydrogen-bond acceptors (Lipinski definition) is 4. The fourth-order valence-corrected chi connectivity index (χ4v) is 6.82. The summed E-state index contributed by atoms with van der Waals surface area (Å²) in [5.41, 5.74) is 1.39. The quantitative estimate of drug-likeness (QED) is 0.590. The van der Waals surface area contributed by atoms with Crippen molar-refractivity contribution in [1.29, 1.82) is 0 Å². The second-order valence-electron chi connectivity index (χ2n) is 9.47. The Kier molecular flexibility index (Phi) is 6.82. The van der Waals surface area contributed by atoms with Gasteiger partial charge in [0, 0.05) is 61.7 Å². The van der Waals surface area contributed by atoms with E-state index in [4.69, 9.17) is 0 Å². The van der Waals surface area contributed by atoms with Crippen molar-refractivity contribution in [3.63, 3.8) is 0 Å². The summed E-state index contributed by atoms with van der Waals surface area (Å²) in [6.45, 7) is 2.71. The van der Waals surface area contributed by atoms with Gasteiger partial charge in [0.2, 0.25) is 5.91 Å². The molecular formula is C27H29F2N3O2S. The largest absolute Gasteiger partial charge is 0.368 e. The standard InChI is InChI=1S/C27H29F2N3O2S/c1-30-23-16-19(26(33)32-14-12-31(13-15-32)21-9-7-20(28)8-10-21)6-11-24(23)35-25(27(30)34)17-18-4-2-3-5-22(18)29/h2-5,7-10,17,19,23-24H,6,11-16H2,1H3/b25-17-. The second kappa shape index (κ2) is 10.0. The molecule has 0 bridgehead atoms. The van der Waals surface area contributed by atoms with Gasteiger partial charge in [-0.1, -0.05) is 18.2 Å². The number of piperazine rings is 1. The van der Waals surface area contributed by atoms with Gasteiger partial charge in [-0.3, -0.25) is 9.59 Å². The fourth-order valence-electron chi connectivity index (χ4n) is 5.35. The van der Waals surface area contributed by atoms with Crippen molar-refractivity contribution in [2.75, 3.05) is 38.1 Å². The minimum atomic E-state index is -0.341. The lowest BCUT2D eigenvalue weighted by atomic mass is 9.83. The molecule has 1 saturated carbocycles. The summed E-state index contributed by atoms with van der Waals surface area (Å²) in [5.74, 6) is -0.632. The minimum absolute atomic E-state index is 0.00604. The molecule has 3 fully saturated rings. The monoisotopic (exact) mass is 497 g/mol. The van der Waals surface area contributed by atoms with Crippen LogP contribution in [0.3, 0.4) is 0 Å². The smallest absolute Gasteiger partial charge is 0.260 e. The molecule has 35 heavy (non-hydrogen) atoms. The number of carbonyl (C=O) groups is 2. The normalized spacial score (nSPS) is 26.1. The van der Waals surface area contributed by atoms with Crippen LogP contribution in [0.25, 0.3) is 6.08 Å². The van der Waals surface area contributed by atoms with Gasteiger partial charge in [0.15, 0.2) is 0 Å². The highest BCUT2D eigenvalue weighted by Gasteiger charge is 2.43. The van der Waals surface area contributed by atoms with E-state index in [0.29, 0.717) is 43.1 Å². The molecule has 0 spiro atoms. The molecule has 2 amide bonds. The van der Waals surface area contributed by atoms with Crippen molar-refractivity contribution in [3.05, 3.63) is 70.6 Å². The molecule has 3 aliphatic rings.